The number of carbonyl (C=O) groups excluding carboxylic acids is 2. The van der Waals surface area contributed by atoms with E-state index in [0.717, 1.165) is 38.5 Å². The molecule has 4 aliphatic rings. The summed E-state index contributed by atoms with van der Waals surface area (Å²) in [6, 6.07) is 5.32. The molecule has 1 heterocycles. The second-order valence-electron chi connectivity index (χ2n) is 11.3. The number of piperidine rings is 1. The van der Waals surface area contributed by atoms with E-state index in [2.05, 4.69) is 30.0 Å². The van der Waals surface area contributed by atoms with Gasteiger partial charge >= 0.3 is 6.36 Å². The van der Waals surface area contributed by atoms with E-state index in [1.807, 2.05) is 11.9 Å². The molecule has 1 aliphatic heterocycles. The highest BCUT2D eigenvalue weighted by Crippen LogP contribution is 2.66. The lowest BCUT2D eigenvalue weighted by atomic mass is 9.49. The number of allylic oxidation sites excluding steroid dienone is 2. The van der Waals surface area contributed by atoms with Crippen LogP contribution in [0.2, 0.25) is 0 Å². The van der Waals surface area contributed by atoms with Crippen LogP contribution in [0.5, 0.6) is 5.75 Å². The molecule has 1 unspecified atom stereocenters. The Morgan fingerprint density at radius 2 is 1.80 bits per heavy atom. The number of likely N-dealkylation sites (tertiary alicyclic amines) is 1. The summed E-state index contributed by atoms with van der Waals surface area (Å²) in [6.45, 7) is 4.58. The Balaban J connectivity index is 1.31. The average molecular weight is 491 g/mol. The lowest BCUT2D eigenvalue weighted by Gasteiger charge is -2.58. The molecular weight excluding hydrogens is 457 g/mol. The van der Waals surface area contributed by atoms with Crippen molar-refractivity contribution in [2.45, 2.75) is 65.2 Å². The molecular formula is C27H33F3N2O3. The molecule has 6 atom stereocenters. The van der Waals surface area contributed by atoms with Crippen LogP contribution in [0.15, 0.2) is 36.0 Å². The van der Waals surface area contributed by atoms with Crippen LogP contribution in [0.3, 0.4) is 0 Å². The molecule has 5 rings (SSSR count). The van der Waals surface area contributed by atoms with Crippen LogP contribution in [0.1, 0.15) is 58.8 Å². The fourth-order valence-corrected chi connectivity index (χ4v) is 7.98. The predicted octanol–water partition coefficient (Wildman–Crippen LogP) is 6.13. The van der Waals surface area contributed by atoms with E-state index in [1.54, 1.807) is 0 Å². The van der Waals surface area contributed by atoms with Crippen molar-refractivity contribution in [3.05, 3.63) is 36.0 Å². The van der Waals surface area contributed by atoms with Gasteiger partial charge in [0.1, 0.15) is 5.75 Å². The third kappa shape index (κ3) is 4.02. The number of carbonyl (C=O) groups is 2. The van der Waals surface area contributed by atoms with Gasteiger partial charge in [0, 0.05) is 36.2 Å². The number of fused-ring (bicyclic) bond motifs is 5. The van der Waals surface area contributed by atoms with E-state index >= 15 is 0 Å². The van der Waals surface area contributed by atoms with Crippen LogP contribution in [0, 0.1) is 34.5 Å². The van der Waals surface area contributed by atoms with Crippen molar-refractivity contribution in [1.29, 1.82) is 0 Å². The first-order valence-corrected chi connectivity index (χ1v) is 12.6. The average Bonchev–Trinajstić information content (AvgIpc) is 3.14. The number of nitrogens with one attached hydrogen (secondary N) is 1. The Kier molecular flexibility index (Phi) is 5.72. The lowest BCUT2D eigenvalue weighted by molar-refractivity contribution is -0.274. The van der Waals surface area contributed by atoms with E-state index in [-0.39, 0.29) is 34.3 Å². The van der Waals surface area contributed by atoms with Crippen LogP contribution >= 0.6 is 0 Å². The molecule has 0 bridgehead atoms. The summed E-state index contributed by atoms with van der Waals surface area (Å²) in [7, 11) is 1.90. The van der Waals surface area contributed by atoms with Gasteiger partial charge in [0.25, 0.3) is 0 Å². The molecule has 0 aromatic heterocycles. The van der Waals surface area contributed by atoms with Gasteiger partial charge in [-0.25, -0.2) is 0 Å². The number of ether oxygens (including phenoxy) is 1. The SMILES string of the molecule is CN1C(=O)CC[C@@]2(C)C1=CC[C@@H]1[C@H]2CC[C@]2(C)C(C(=O)Nc3ccc(OC(F)(F)F)cc3)CC[C@@H]12. The molecule has 190 valence electrons. The maximum Gasteiger partial charge on any atom is 0.573 e. The number of amides is 2. The van der Waals surface area contributed by atoms with E-state index < -0.39 is 6.36 Å². The van der Waals surface area contributed by atoms with E-state index in [9.17, 15) is 22.8 Å². The monoisotopic (exact) mass is 490 g/mol. The standard InChI is InChI=1S/C27H33F3N2O3/c1-25-14-12-20-18(8-11-22-26(20,2)15-13-23(33)32(22)3)19(25)9-10-21(25)24(34)31-16-4-6-17(7-5-16)35-27(28,29)30/h4-7,11,18-21H,8-10,12-15H2,1-3H3,(H,31,34)/t18-,19-,20+,21?,25-,26+/m0/s1. The second-order valence-corrected chi connectivity index (χ2v) is 11.3. The van der Waals surface area contributed by atoms with Gasteiger partial charge in [-0.05, 0) is 86.0 Å². The highest BCUT2D eigenvalue weighted by Gasteiger charge is 2.60. The second kappa shape index (κ2) is 8.27. The molecule has 1 N–H and O–H groups in total. The fraction of sp³-hybridized carbons (Fsp3) is 0.630. The van der Waals surface area contributed by atoms with Gasteiger partial charge in [0.2, 0.25) is 11.8 Å². The Hall–Kier alpha value is -2.51. The summed E-state index contributed by atoms with van der Waals surface area (Å²) in [5.41, 5.74) is 1.55. The van der Waals surface area contributed by atoms with E-state index in [1.165, 1.54) is 30.0 Å². The normalized spacial score (nSPS) is 36.6. The van der Waals surface area contributed by atoms with E-state index in [4.69, 9.17) is 0 Å². The van der Waals surface area contributed by atoms with Gasteiger partial charge in [-0.15, -0.1) is 13.2 Å². The zero-order valence-corrected chi connectivity index (χ0v) is 20.5. The van der Waals surface area contributed by atoms with Crippen molar-refractivity contribution in [2.24, 2.45) is 34.5 Å². The summed E-state index contributed by atoms with van der Waals surface area (Å²) < 4.78 is 41.2. The fourth-order valence-electron chi connectivity index (χ4n) is 7.98. The Morgan fingerprint density at radius 1 is 1.09 bits per heavy atom. The number of alkyl halides is 3. The first-order chi connectivity index (χ1) is 16.4. The van der Waals surface area contributed by atoms with E-state index in [0.29, 0.717) is 29.9 Å². The first-order valence-electron chi connectivity index (χ1n) is 12.6. The summed E-state index contributed by atoms with van der Waals surface area (Å²) in [4.78, 5) is 27.5. The van der Waals surface area contributed by atoms with Crippen molar-refractivity contribution in [1.82, 2.24) is 4.90 Å². The maximum absolute atomic E-state index is 13.3. The molecule has 0 radical (unpaired) electrons. The molecule has 1 aromatic carbocycles. The van der Waals surface area contributed by atoms with Gasteiger partial charge in [-0.1, -0.05) is 19.9 Å². The van der Waals surface area contributed by atoms with Gasteiger partial charge in [0.05, 0.1) is 0 Å². The molecule has 8 heteroatoms. The van der Waals surface area contributed by atoms with Crippen LogP contribution in [-0.4, -0.2) is 30.1 Å². The number of nitrogens with zero attached hydrogens (tertiary/aromatic N) is 1. The van der Waals surface area contributed by atoms with Crippen LogP contribution in [0.4, 0.5) is 18.9 Å². The predicted molar refractivity (Wildman–Crippen MR) is 125 cm³/mol. The van der Waals surface area contributed by atoms with Crippen LogP contribution < -0.4 is 10.1 Å². The number of hydrogen-bond donors (Lipinski definition) is 1. The van der Waals surface area contributed by atoms with Crippen molar-refractivity contribution in [3.63, 3.8) is 0 Å². The number of anilines is 1. The summed E-state index contributed by atoms with van der Waals surface area (Å²) in [5.74, 6) is 1.16. The highest BCUT2D eigenvalue weighted by atomic mass is 19.4. The topological polar surface area (TPSA) is 58.6 Å². The van der Waals surface area contributed by atoms with Crippen molar-refractivity contribution >= 4 is 17.5 Å². The van der Waals surface area contributed by atoms with Crippen LogP contribution in [-0.2, 0) is 9.59 Å². The summed E-state index contributed by atoms with van der Waals surface area (Å²) in [5, 5.41) is 2.94. The molecule has 0 spiro atoms. The lowest BCUT2D eigenvalue weighted by Crippen LogP contribution is -2.54. The van der Waals surface area contributed by atoms with Crippen molar-refractivity contribution < 1.29 is 27.5 Å². The minimum absolute atomic E-state index is 0.00742. The number of benzene rings is 1. The molecule has 2 saturated carbocycles. The van der Waals surface area contributed by atoms with Gasteiger partial charge < -0.3 is 15.0 Å². The largest absolute Gasteiger partial charge is 0.573 e. The number of halogens is 3. The van der Waals surface area contributed by atoms with Crippen molar-refractivity contribution in [2.75, 3.05) is 12.4 Å². The molecule has 3 aliphatic carbocycles. The third-order valence-corrected chi connectivity index (χ3v) is 9.69. The molecule has 1 aromatic rings. The molecule has 35 heavy (non-hydrogen) atoms. The molecule has 3 fully saturated rings. The summed E-state index contributed by atoms with van der Waals surface area (Å²) >= 11 is 0. The first kappa shape index (κ1) is 24.2. The smallest absolute Gasteiger partial charge is 0.406 e. The summed E-state index contributed by atoms with van der Waals surface area (Å²) in [6.07, 6.45) is 3.80. The van der Waals surface area contributed by atoms with Gasteiger partial charge in [-0.3, -0.25) is 9.59 Å². The van der Waals surface area contributed by atoms with Gasteiger partial charge in [0.15, 0.2) is 0 Å². The van der Waals surface area contributed by atoms with Gasteiger partial charge in [-0.2, -0.15) is 0 Å². The van der Waals surface area contributed by atoms with Crippen LogP contribution in [0.25, 0.3) is 0 Å². The number of rotatable bonds is 3. The minimum Gasteiger partial charge on any atom is -0.406 e. The zero-order chi connectivity index (χ0) is 25.2. The molecule has 5 nitrogen and oxygen atoms in total. The number of hydrogen-bond acceptors (Lipinski definition) is 3. The minimum atomic E-state index is -4.74. The molecule has 2 amide bonds. The quantitative estimate of drug-likeness (QED) is 0.555. The Bertz CT molecular complexity index is 1050. The Labute approximate surface area is 204 Å². The molecule has 1 saturated heterocycles. The highest BCUT2D eigenvalue weighted by molar-refractivity contribution is 5.93. The van der Waals surface area contributed by atoms with Crippen molar-refractivity contribution in [3.8, 4) is 5.75 Å². The third-order valence-electron chi connectivity index (χ3n) is 9.69. The maximum atomic E-state index is 13.3. The Morgan fingerprint density at radius 3 is 2.49 bits per heavy atom. The zero-order valence-electron chi connectivity index (χ0n) is 20.5.